The first kappa shape index (κ1) is 31.2. The Morgan fingerprint density at radius 1 is 1.05 bits per heavy atom. The van der Waals surface area contributed by atoms with Crippen LogP contribution in [0, 0.1) is 5.92 Å². The largest absolute Gasteiger partial charge is 0.475 e. The molecule has 1 heterocycles. The first-order valence-corrected chi connectivity index (χ1v) is 15.3. The molecule has 0 saturated heterocycles. The van der Waals surface area contributed by atoms with E-state index in [0.717, 1.165) is 55.8 Å². The quantitative estimate of drug-likeness (QED) is 0.121. The van der Waals surface area contributed by atoms with Gasteiger partial charge in [-0.05, 0) is 54.7 Å². The molecule has 1 aromatic heterocycles. The molecule has 0 amide bonds. The van der Waals surface area contributed by atoms with E-state index in [9.17, 15) is 9.90 Å². The lowest BCUT2D eigenvalue weighted by Gasteiger charge is -2.31. The number of unbranched alkanes of at least 4 members (excludes halogenated alkanes) is 3. The van der Waals surface area contributed by atoms with E-state index in [1.165, 1.54) is 6.07 Å². The second-order valence-electron chi connectivity index (χ2n) is 10.1. The number of hydrogen-bond donors (Lipinski definition) is 3. The van der Waals surface area contributed by atoms with Gasteiger partial charge in [-0.25, -0.2) is 4.39 Å². The number of benzene rings is 2. The minimum absolute atomic E-state index is 0.0835. The molecule has 0 aliphatic heterocycles. The van der Waals surface area contributed by atoms with Gasteiger partial charge in [-0.2, -0.15) is 0 Å². The van der Waals surface area contributed by atoms with Gasteiger partial charge in [0, 0.05) is 24.6 Å². The van der Waals surface area contributed by atoms with Gasteiger partial charge in [-0.1, -0.05) is 76.4 Å². The molecule has 0 bridgehead atoms. The zero-order valence-corrected chi connectivity index (χ0v) is 24.5. The van der Waals surface area contributed by atoms with Gasteiger partial charge >= 0.3 is 0 Å². The lowest BCUT2D eigenvalue weighted by Crippen LogP contribution is -2.34. The summed E-state index contributed by atoms with van der Waals surface area (Å²) in [5.41, 5.74) is 0.410. The van der Waals surface area contributed by atoms with Crippen LogP contribution >= 0.6 is 8.81 Å². The van der Waals surface area contributed by atoms with E-state index >= 15 is 4.39 Å². The number of aromatic amines is 1. The summed E-state index contributed by atoms with van der Waals surface area (Å²) in [5.74, 6) is 0.516. The Morgan fingerprint density at radius 2 is 1.82 bits per heavy atom. The maximum Gasteiger partial charge on any atom is 0.248 e. The fourth-order valence-electron chi connectivity index (χ4n) is 4.70. The third-order valence-corrected chi connectivity index (χ3v) is 7.92. The molecular weight excluding hydrogens is 514 g/mol. The highest BCUT2D eigenvalue weighted by atomic mass is 31.1. The third-order valence-electron chi connectivity index (χ3n) is 7.27. The van der Waals surface area contributed by atoms with Gasteiger partial charge in [0.1, 0.15) is 5.75 Å². The molecule has 3 N–H and O–H groups in total. The van der Waals surface area contributed by atoms with E-state index in [4.69, 9.17) is 9.26 Å². The minimum Gasteiger partial charge on any atom is -0.475 e. The highest BCUT2D eigenvalue weighted by molar-refractivity contribution is 7.32. The van der Waals surface area contributed by atoms with Crippen LogP contribution in [0.2, 0.25) is 0 Å². The average molecular weight is 559 g/mol. The van der Waals surface area contributed by atoms with Crippen molar-refractivity contribution in [3.8, 4) is 5.75 Å². The molecule has 0 fully saturated rings. The number of aliphatic hydroxyl groups is 1. The summed E-state index contributed by atoms with van der Waals surface area (Å²) in [6.07, 6.45) is 4.86. The molecule has 3 rings (SSSR count). The van der Waals surface area contributed by atoms with Crippen LogP contribution in [-0.4, -0.2) is 42.6 Å². The summed E-state index contributed by atoms with van der Waals surface area (Å²) in [6.45, 7) is 7.84. The van der Waals surface area contributed by atoms with Crippen LogP contribution in [0.15, 0.2) is 59.4 Å². The van der Waals surface area contributed by atoms with E-state index in [2.05, 4.69) is 10.3 Å². The van der Waals surface area contributed by atoms with E-state index < -0.39 is 11.8 Å². The van der Waals surface area contributed by atoms with Crippen LogP contribution in [0.25, 0.3) is 10.9 Å². The second-order valence-corrected chi connectivity index (χ2v) is 11.3. The van der Waals surface area contributed by atoms with Gasteiger partial charge in [-0.15, -0.1) is 0 Å². The Morgan fingerprint density at radius 3 is 2.56 bits per heavy atom. The third kappa shape index (κ3) is 8.84. The highest BCUT2D eigenvalue weighted by Gasteiger charge is 2.37. The number of rotatable bonds is 18. The van der Waals surface area contributed by atoms with Gasteiger partial charge in [-0.3, -0.25) is 4.79 Å². The predicted octanol–water partition coefficient (Wildman–Crippen LogP) is 6.63. The molecule has 4 atom stereocenters. The Hall–Kier alpha value is -2.31. The molecular formula is C31H44FN2O4P. The zero-order valence-electron chi connectivity index (χ0n) is 23.5. The number of nitrogens with one attached hydrogen (secondary N) is 2. The molecule has 0 aliphatic carbocycles. The van der Waals surface area contributed by atoms with E-state index in [1.54, 1.807) is 6.07 Å². The number of H-pyrrole nitrogens is 1. The minimum atomic E-state index is -1.47. The Bertz CT molecular complexity index is 1190. The molecule has 0 saturated carbocycles. The number of aromatic nitrogens is 1. The molecule has 4 unspecified atom stereocenters. The maximum atomic E-state index is 15.8. The standard InChI is InChI=1S/C31H44FN2O4P/c1-4-23(3)31(32,24-13-9-8-10-14-24)22-37-20-12-7-6-11-19-33-21-27(35)25-15-17-28(38-39-5-2)30-26(25)16-18-29(36)34-30/h8-10,13-18,23,27,33,35,39H,4-7,11-12,19-22H2,1-3H3,(H,34,36). The average Bonchev–Trinajstić information content (AvgIpc) is 2.96. The van der Waals surface area contributed by atoms with Crippen LogP contribution in [0.1, 0.15) is 70.1 Å². The summed E-state index contributed by atoms with van der Waals surface area (Å²) in [5, 5.41) is 14.9. The Kier molecular flexibility index (Phi) is 12.9. The lowest BCUT2D eigenvalue weighted by atomic mass is 9.83. The second kappa shape index (κ2) is 16.1. The van der Waals surface area contributed by atoms with Crippen LogP contribution < -0.4 is 15.4 Å². The van der Waals surface area contributed by atoms with Crippen LogP contribution in [0.4, 0.5) is 4.39 Å². The van der Waals surface area contributed by atoms with Crippen molar-refractivity contribution >= 4 is 19.7 Å². The molecule has 2 aromatic carbocycles. The van der Waals surface area contributed by atoms with Crippen molar-refractivity contribution in [2.24, 2.45) is 5.92 Å². The molecule has 6 nitrogen and oxygen atoms in total. The summed E-state index contributed by atoms with van der Waals surface area (Å²) in [7, 11) is 0.311. The fourth-order valence-corrected chi connectivity index (χ4v) is 5.17. The number of fused-ring (bicyclic) bond motifs is 1. The predicted molar refractivity (Wildman–Crippen MR) is 160 cm³/mol. The van der Waals surface area contributed by atoms with Gasteiger partial charge in [0.2, 0.25) is 5.56 Å². The number of hydrogen-bond acceptors (Lipinski definition) is 5. The summed E-state index contributed by atoms with van der Waals surface area (Å²) in [6, 6.07) is 16.3. The van der Waals surface area contributed by atoms with Crippen LogP contribution in [0.5, 0.6) is 5.75 Å². The van der Waals surface area contributed by atoms with Crippen LogP contribution in [0.3, 0.4) is 0 Å². The fraction of sp³-hybridized carbons (Fsp3) is 0.516. The monoisotopic (exact) mass is 558 g/mol. The first-order chi connectivity index (χ1) is 18.9. The van der Waals surface area contributed by atoms with Crippen molar-refractivity contribution < 1.29 is 18.8 Å². The van der Waals surface area contributed by atoms with E-state index in [0.29, 0.717) is 38.8 Å². The Balaban J connectivity index is 1.36. The van der Waals surface area contributed by atoms with Gasteiger partial charge in [0.25, 0.3) is 0 Å². The number of aliphatic hydroxyl groups excluding tert-OH is 1. The van der Waals surface area contributed by atoms with E-state index in [1.807, 2.05) is 63.2 Å². The molecule has 39 heavy (non-hydrogen) atoms. The SMILES string of the molecule is CCPOc1ccc(C(O)CNCCCCCCOCC(F)(c2ccccc2)C(C)CC)c2ccc(=O)[nH]c12. The van der Waals surface area contributed by atoms with Crippen molar-refractivity contribution in [2.45, 2.75) is 64.6 Å². The van der Waals surface area contributed by atoms with Crippen molar-refractivity contribution in [3.63, 3.8) is 0 Å². The molecule has 0 spiro atoms. The first-order valence-electron chi connectivity index (χ1n) is 14.2. The zero-order chi connectivity index (χ0) is 28.1. The summed E-state index contributed by atoms with van der Waals surface area (Å²) < 4.78 is 27.4. The van der Waals surface area contributed by atoms with Crippen molar-refractivity contribution in [1.29, 1.82) is 0 Å². The lowest BCUT2D eigenvalue weighted by molar-refractivity contribution is -0.0250. The highest BCUT2D eigenvalue weighted by Crippen LogP contribution is 2.36. The number of ether oxygens (including phenoxy) is 1. The maximum absolute atomic E-state index is 15.8. The summed E-state index contributed by atoms with van der Waals surface area (Å²) in [4.78, 5) is 14.7. The van der Waals surface area contributed by atoms with E-state index in [-0.39, 0.29) is 18.1 Å². The smallest absolute Gasteiger partial charge is 0.248 e. The molecule has 8 heteroatoms. The number of halogens is 1. The van der Waals surface area contributed by atoms with Gasteiger partial charge in [0.15, 0.2) is 5.67 Å². The Labute approximate surface area is 233 Å². The number of alkyl halides is 1. The molecule has 3 aromatic rings. The van der Waals surface area contributed by atoms with Gasteiger partial charge in [0.05, 0.1) is 27.0 Å². The topological polar surface area (TPSA) is 83.6 Å². The number of pyridine rings is 1. The normalized spacial score (nSPS) is 15.0. The molecule has 214 valence electrons. The van der Waals surface area contributed by atoms with Crippen molar-refractivity contribution in [2.75, 3.05) is 32.5 Å². The van der Waals surface area contributed by atoms with Crippen molar-refractivity contribution in [3.05, 3.63) is 76.1 Å². The van der Waals surface area contributed by atoms with Gasteiger partial charge < -0.3 is 24.7 Å². The summed E-state index contributed by atoms with van der Waals surface area (Å²) >= 11 is 0. The molecule has 0 aliphatic rings. The molecule has 0 radical (unpaired) electrons. The van der Waals surface area contributed by atoms with Crippen LogP contribution in [-0.2, 0) is 10.4 Å². The van der Waals surface area contributed by atoms with Crippen molar-refractivity contribution in [1.82, 2.24) is 10.3 Å².